The van der Waals surface area contributed by atoms with Crippen molar-refractivity contribution in [2.75, 3.05) is 37.7 Å². The Labute approximate surface area is 335 Å². The summed E-state index contributed by atoms with van der Waals surface area (Å²) in [6.45, 7) is 4.53. The molecule has 0 unspecified atom stereocenters. The highest BCUT2D eigenvalue weighted by molar-refractivity contribution is 6.01. The number of hydrogen-bond donors (Lipinski definition) is 3. The molecule has 9 rings (SSSR count). The number of nitrogens with one attached hydrogen (secondary N) is 1. The van der Waals surface area contributed by atoms with Crippen LogP contribution in [0.15, 0.2) is 36.5 Å². The average Bonchev–Trinajstić information content (AvgIpc) is 3.69. The van der Waals surface area contributed by atoms with Crippen LogP contribution in [0.2, 0.25) is 0 Å². The lowest BCUT2D eigenvalue weighted by Crippen LogP contribution is -2.57. The van der Waals surface area contributed by atoms with Gasteiger partial charge in [-0.2, -0.15) is 36.3 Å². The van der Waals surface area contributed by atoms with Gasteiger partial charge in [0.15, 0.2) is 5.82 Å². The van der Waals surface area contributed by atoms with Gasteiger partial charge in [-0.25, -0.2) is 22.8 Å². The topological polar surface area (TPSA) is 158 Å². The smallest absolute Gasteiger partial charge is 0.475 e. The molecule has 3 fully saturated rings. The van der Waals surface area contributed by atoms with Crippen LogP contribution in [0.4, 0.5) is 45.3 Å². The number of aryl methyl sites for hydroxylation is 1. The number of ether oxygens (including phenoxy) is 1. The molecular formula is C39H39F9N6O6. The molecule has 4 aromatic rings. The number of benzene rings is 2. The van der Waals surface area contributed by atoms with Crippen LogP contribution >= 0.6 is 0 Å². The number of hydrogen-bond acceptors (Lipinski definition) is 9. The normalized spacial score (nSPS) is 23.1. The van der Waals surface area contributed by atoms with E-state index < -0.39 is 53.2 Å². The summed E-state index contributed by atoms with van der Waals surface area (Å²) in [5.74, 6) is -6.17. The Bertz CT molecular complexity index is 2270. The Hall–Kier alpha value is -5.47. The lowest BCUT2D eigenvalue weighted by atomic mass is 9.90. The maximum atomic E-state index is 16.9. The highest BCUT2D eigenvalue weighted by atomic mass is 19.4. The van der Waals surface area contributed by atoms with Gasteiger partial charge in [0.05, 0.1) is 16.5 Å². The van der Waals surface area contributed by atoms with E-state index in [9.17, 15) is 35.5 Å². The molecule has 0 aliphatic carbocycles. The van der Waals surface area contributed by atoms with Gasteiger partial charge in [-0.05, 0) is 74.4 Å². The van der Waals surface area contributed by atoms with Crippen LogP contribution in [0, 0.1) is 11.6 Å². The van der Waals surface area contributed by atoms with E-state index in [0.29, 0.717) is 66.6 Å². The van der Waals surface area contributed by atoms with E-state index in [-0.39, 0.29) is 36.2 Å². The molecule has 5 aliphatic heterocycles. The molecule has 5 aliphatic rings. The van der Waals surface area contributed by atoms with Crippen LogP contribution in [-0.4, -0.2) is 110 Å². The number of halogens is 9. The number of anilines is 1. The van der Waals surface area contributed by atoms with Crippen molar-refractivity contribution >= 4 is 45.3 Å². The average molecular weight is 859 g/mol. The molecule has 2 aromatic carbocycles. The molecule has 3 saturated heterocycles. The standard InChI is InChI=1S/C35H37F3N6O2.2C2HF3O2/c1-34-12-4-14-43(19-34)32-25-17-39-30(24-8-2-6-21-10-11-26(37)23(28(21)24)7-3-9-27(45)42-34)29(38)31(25)40-33(41-32)46-20-35-13-5-15-44(35)18-22(36)16-35;2*3-2(4,5)1(6)7/h2,6,8,10-11,17,22H,3-5,7,9,12-16,18-20H2,1H3,(H,42,45);2*(H,6,7)/t22-,34-,35+;;/m1../s1. The van der Waals surface area contributed by atoms with E-state index in [1.54, 1.807) is 24.4 Å². The van der Waals surface area contributed by atoms with E-state index in [1.807, 2.05) is 17.9 Å². The van der Waals surface area contributed by atoms with E-state index in [0.717, 1.165) is 37.6 Å². The van der Waals surface area contributed by atoms with E-state index in [2.05, 4.69) is 20.2 Å². The first-order chi connectivity index (χ1) is 28.1. The third-order valence-corrected chi connectivity index (χ3v) is 11.0. The van der Waals surface area contributed by atoms with E-state index in [4.69, 9.17) is 29.5 Å². The van der Waals surface area contributed by atoms with Gasteiger partial charge < -0.3 is 25.2 Å². The van der Waals surface area contributed by atoms with Crippen LogP contribution < -0.4 is 15.0 Å². The molecule has 7 heterocycles. The van der Waals surface area contributed by atoms with E-state index in [1.165, 1.54) is 6.07 Å². The zero-order valence-corrected chi connectivity index (χ0v) is 31.9. The number of carboxylic acids is 2. The quantitative estimate of drug-likeness (QED) is 0.180. The monoisotopic (exact) mass is 858 g/mol. The van der Waals surface area contributed by atoms with Crippen molar-refractivity contribution < 1.29 is 68.8 Å². The highest BCUT2D eigenvalue weighted by Gasteiger charge is 2.49. The first-order valence-corrected chi connectivity index (χ1v) is 18.9. The highest BCUT2D eigenvalue weighted by Crippen LogP contribution is 2.42. The van der Waals surface area contributed by atoms with Crippen molar-refractivity contribution in [1.29, 1.82) is 0 Å². The Morgan fingerprint density at radius 1 is 0.950 bits per heavy atom. The van der Waals surface area contributed by atoms with E-state index >= 15 is 8.78 Å². The molecule has 60 heavy (non-hydrogen) atoms. The first kappa shape index (κ1) is 44.1. The fourth-order valence-corrected chi connectivity index (χ4v) is 8.38. The summed E-state index contributed by atoms with van der Waals surface area (Å²) >= 11 is 0. The predicted octanol–water partition coefficient (Wildman–Crippen LogP) is 7.16. The number of pyridine rings is 1. The molecule has 12 nitrogen and oxygen atoms in total. The van der Waals surface area contributed by atoms with Crippen molar-refractivity contribution in [1.82, 2.24) is 25.2 Å². The molecule has 0 spiro atoms. The Balaban J connectivity index is 0.000000373. The minimum Gasteiger partial charge on any atom is -0.475 e. The lowest BCUT2D eigenvalue weighted by molar-refractivity contribution is -0.193. The number of rotatable bonds is 3. The summed E-state index contributed by atoms with van der Waals surface area (Å²) in [5, 5.41) is 19.2. The van der Waals surface area contributed by atoms with Crippen LogP contribution in [0.3, 0.4) is 0 Å². The fourth-order valence-electron chi connectivity index (χ4n) is 8.38. The van der Waals surface area contributed by atoms with Crippen LogP contribution in [0.25, 0.3) is 32.9 Å². The zero-order valence-electron chi connectivity index (χ0n) is 31.9. The summed E-state index contributed by atoms with van der Waals surface area (Å²) in [6.07, 6.45) is -4.77. The zero-order chi connectivity index (χ0) is 43.8. The third-order valence-electron chi connectivity index (χ3n) is 11.0. The second kappa shape index (κ2) is 16.9. The number of amides is 1. The first-order valence-electron chi connectivity index (χ1n) is 18.9. The van der Waals surface area contributed by atoms with Gasteiger partial charge in [0, 0.05) is 44.2 Å². The largest absolute Gasteiger partial charge is 0.490 e. The number of nitrogens with zero attached hydrogens (tertiary/aromatic N) is 5. The summed E-state index contributed by atoms with van der Waals surface area (Å²) < 4.78 is 117. The molecule has 0 radical (unpaired) electrons. The SMILES string of the molecule is C[C@@]12CCCN(C1)c1nc(OC[C@@]34CCCN3C[C@H](F)C4)nc3c(F)c(ncc13)-c1cccc3ccc(F)c(c13)CCCC(=O)N2.O=C(O)C(F)(F)F.O=C(O)C(F)(F)F. The molecule has 2 aromatic heterocycles. The minimum absolute atomic E-state index is 0.0177. The number of fused-ring (bicyclic) bond motifs is 6. The van der Waals surface area contributed by atoms with Gasteiger partial charge in [0.25, 0.3) is 0 Å². The Kier molecular flexibility index (Phi) is 12.4. The fraction of sp³-hybridized carbons (Fsp3) is 0.487. The summed E-state index contributed by atoms with van der Waals surface area (Å²) in [6, 6.07) is 8.53. The van der Waals surface area contributed by atoms with Gasteiger partial charge in [-0.1, -0.05) is 24.3 Å². The maximum Gasteiger partial charge on any atom is 0.490 e. The van der Waals surface area contributed by atoms with Crippen molar-refractivity contribution in [3.63, 3.8) is 0 Å². The number of aromatic nitrogens is 3. The molecule has 3 N–H and O–H groups in total. The van der Waals surface area contributed by atoms with Crippen molar-refractivity contribution in [2.24, 2.45) is 0 Å². The molecular weight excluding hydrogens is 819 g/mol. The molecule has 3 atom stereocenters. The number of aliphatic carboxylic acids is 2. The van der Waals surface area contributed by atoms with Crippen molar-refractivity contribution in [3.8, 4) is 17.3 Å². The van der Waals surface area contributed by atoms with Gasteiger partial charge >= 0.3 is 30.3 Å². The number of carboxylic acid groups (broad SMARTS) is 2. The molecule has 21 heteroatoms. The van der Waals surface area contributed by atoms with Gasteiger partial charge in [-0.3, -0.25) is 14.7 Å². The van der Waals surface area contributed by atoms with Gasteiger partial charge in [-0.15, -0.1) is 0 Å². The summed E-state index contributed by atoms with van der Waals surface area (Å²) in [4.78, 5) is 49.3. The second-order valence-corrected chi connectivity index (χ2v) is 15.4. The second-order valence-electron chi connectivity index (χ2n) is 15.4. The van der Waals surface area contributed by atoms with Crippen molar-refractivity contribution in [3.05, 3.63) is 53.7 Å². The minimum atomic E-state index is -5.08. The summed E-state index contributed by atoms with van der Waals surface area (Å²) in [7, 11) is 0. The lowest BCUT2D eigenvalue weighted by Gasteiger charge is -2.42. The van der Waals surface area contributed by atoms with Gasteiger partial charge in [0.2, 0.25) is 5.91 Å². The van der Waals surface area contributed by atoms with Crippen LogP contribution in [0.5, 0.6) is 6.01 Å². The molecule has 0 saturated carbocycles. The predicted molar refractivity (Wildman–Crippen MR) is 197 cm³/mol. The third kappa shape index (κ3) is 9.44. The van der Waals surface area contributed by atoms with Crippen molar-refractivity contribution in [2.45, 2.75) is 87.9 Å². The molecule has 1 amide bonds. The Morgan fingerprint density at radius 3 is 2.32 bits per heavy atom. The van der Waals surface area contributed by atoms with Gasteiger partial charge in [0.1, 0.15) is 35.6 Å². The molecule has 324 valence electrons. The van der Waals surface area contributed by atoms with Crippen LogP contribution in [-0.2, 0) is 20.8 Å². The number of carbonyl (C=O) groups is 3. The number of alkyl halides is 7. The summed E-state index contributed by atoms with van der Waals surface area (Å²) in [5.41, 5.74) is 0.0174. The maximum absolute atomic E-state index is 16.9. The number of piperidine rings is 1. The molecule has 6 bridgehead atoms. The van der Waals surface area contributed by atoms with Crippen LogP contribution in [0.1, 0.15) is 57.4 Å². The Morgan fingerprint density at radius 2 is 1.63 bits per heavy atom. The number of carbonyl (C=O) groups excluding carboxylic acids is 1.